The molecular weight excluding hydrogens is 469 g/mol. The predicted molar refractivity (Wildman–Crippen MR) is 136 cm³/mol. The van der Waals surface area contributed by atoms with Crippen molar-refractivity contribution in [3.63, 3.8) is 0 Å². The van der Waals surface area contributed by atoms with Gasteiger partial charge in [0, 0.05) is 22.4 Å². The van der Waals surface area contributed by atoms with Crippen molar-refractivity contribution in [3.8, 4) is 5.69 Å². The Kier molecular flexibility index (Phi) is 6.86. The minimum absolute atomic E-state index is 0.112. The van der Waals surface area contributed by atoms with Crippen LogP contribution in [0.25, 0.3) is 16.6 Å². The van der Waals surface area contributed by atoms with Crippen LogP contribution in [0, 0.1) is 12.7 Å². The van der Waals surface area contributed by atoms with Crippen LogP contribution in [-0.2, 0) is 5.75 Å². The molecule has 1 atom stereocenters. The fraction of sp³-hybridized carbons (Fsp3) is 0.346. The van der Waals surface area contributed by atoms with E-state index in [4.69, 9.17) is 11.6 Å². The van der Waals surface area contributed by atoms with Gasteiger partial charge in [-0.05, 0) is 81.7 Å². The Morgan fingerprint density at radius 3 is 2.56 bits per heavy atom. The van der Waals surface area contributed by atoms with E-state index in [1.54, 1.807) is 23.9 Å². The maximum atomic E-state index is 13.7. The average molecular weight is 496 g/mol. The first kappa shape index (κ1) is 23.3. The predicted octanol–water partition coefficient (Wildman–Crippen LogP) is 6.76. The van der Waals surface area contributed by atoms with E-state index in [0.717, 1.165) is 51.8 Å². The molecule has 0 aliphatic carbocycles. The van der Waals surface area contributed by atoms with Crippen LogP contribution >= 0.6 is 23.4 Å². The van der Waals surface area contributed by atoms with Crippen molar-refractivity contribution < 1.29 is 4.39 Å². The normalized spacial score (nSPS) is 15.6. The molecule has 176 valence electrons. The summed E-state index contributed by atoms with van der Waals surface area (Å²) in [5.41, 5.74) is 3.85. The molecule has 0 amide bonds. The number of halogens is 2. The number of hydrogen-bond donors (Lipinski definition) is 0. The lowest BCUT2D eigenvalue weighted by atomic mass is 10.1. The SMILES string of the molecule is Cc1ccc2cc(CSc3nnc([C@@H](C)N4CCCCC4)n3-c3ccc(F)cc3)c(Cl)nc2c1. The second-order valence-electron chi connectivity index (χ2n) is 8.85. The van der Waals surface area contributed by atoms with Crippen molar-refractivity contribution >= 4 is 34.3 Å². The van der Waals surface area contributed by atoms with Gasteiger partial charge in [-0.15, -0.1) is 10.2 Å². The Labute approximate surface area is 208 Å². The Hall–Kier alpha value is -2.48. The van der Waals surface area contributed by atoms with Crippen LogP contribution in [0.4, 0.5) is 4.39 Å². The van der Waals surface area contributed by atoms with Gasteiger partial charge in [0.25, 0.3) is 0 Å². The topological polar surface area (TPSA) is 46.8 Å². The molecule has 0 radical (unpaired) electrons. The van der Waals surface area contributed by atoms with E-state index in [0.29, 0.717) is 10.9 Å². The van der Waals surface area contributed by atoms with E-state index >= 15 is 0 Å². The molecule has 0 unspecified atom stereocenters. The number of rotatable bonds is 6. The molecule has 0 bridgehead atoms. The van der Waals surface area contributed by atoms with E-state index in [9.17, 15) is 4.39 Å². The number of aryl methyl sites for hydroxylation is 1. The number of pyridine rings is 1. The minimum atomic E-state index is -0.263. The quantitative estimate of drug-likeness (QED) is 0.218. The molecule has 1 saturated heterocycles. The second-order valence-corrected chi connectivity index (χ2v) is 10.1. The Balaban J connectivity index is 1.47. The van der Waals surface area contributed by atoms with Crippen LogP contribution in [0.3, 0.4) is 0 Å². The summed E-state index contributed by atoms with van der Waals surface area (Å²) in [5, 5.41) is 11.4. The molecule has 2 aromatic heterocycles. The molecule has 0 saturated carbocycles. The lowest BCUT2D eigenvalue weighted by molar-refractivity contribution is 0.167. The summed E-state index contributed by atoms with van der Waals surface area (Å²) in [7, 11) is 0. The molecule has 3 heterocycles. The molecule has 0 N–H and O–H groups in total. The average Bonchev–Trinajstić information content (AvgIpc) is 3.27. The van der Waals surface area contributed by atoms with Crippen LogP contribution in [0.2, 0.25) is 5.15 Å². The van der Waals surface area contributed by atoms with Crippen molar-refractivity contribution in [1.29, 1.82) is 0 Å². The third-order valence-corrected chi connectivity index (χ3v) is 7.72. The van der Waals surface area contributed by atoms with Gasteiger partial charge in [-0.2, -0.15) is 0 Å². The Morgan fingerprint density at radius 2 is 1.79 bits per heavy atom. The van der Waals surface area contributed by atoms with Gasteiger partial charge in [-0.3, -0.25) is 9.47 Å². The van der Waals surface area contributed by atoms with Crippen molar-refractivity contribution in [2.45, 2.75) is 50.1 Å². The number of piperidine rings is 1. The molecule has 2 aromatic carbocycles. The number of fused-ring (bicyclic) bond motifs is 1. The van der Waals surface area contributed by atoms with Gasteiger partial charge < -0.3 is 0 Å². The van der Waals surface area contributed by atoms with Gasteiger partial charge >= 0.3 is 0 Å². The molecular formula is C26H27ClFN5S. The van der Waals surface area contributed by atoms with E-state index in [1.165, 1.54) is 31.4 Å². The first-order valence-corrected chi connectivity index (χ1v) is 13.0. The highest BCUT2D eigenvalue weighted by Gasteiger charge is 2.25. The number of aromatic nitrogens is 4. The molecule has 1 aliphatic heterocycles. The van der Waals surface area contributed by atoms with Gasteiger partial charge in [-0.1, -0.05) is 41.9 Å². The third kappa shape index (κ3) is 4.83. The maximum Gasteiger partial charge on any atom is 0.196 e. The van der Waals surface area contributed by atoms with Gasteiger partial charge in [0.1, 0.15) is 11.0 Å². The number of benzene rings is 2. The standard InChI is InChI=1S/C26H27ClFN5S/c1-17-6-7-19-15-20(24(27)29-23(19)14-17)16-34-26-31-30-25(18(2)32-12-4-3-5-13-32)33(26)22-10-8-21(28)9-11-22/h6-11,14-15,18H,3-5,12-13,16H2,1-2H3/t18-/m1/s1. The summed E-state index contributed by atoms with van der Waals surface area (Å²) in [6.07, 6.45) is 3.67. The zero-order valence-corrected chi connectivity index (χ0v) is 20.9. The highest BCUT2D eigenvalue weighted by molar-refractivity contribution is 7.98. The first-order valence-electron chi connectivity index (χ1n) is 11.6. The van der Waals surface area contributed by atoms with Crippen LogP contribution in [0.5, 0.6) is 0 Å². The van der Waals surface area contributed by atoms with Crippen LogP contribution < -0.4 is 0 Å². The number of nitrogens with zero attached hydrogens (tertiary/aromatic N) is 5. The van der Waals surface area contributed by atoms with Crippen molar-refractivity contribution in [2.24, 2.45) is 0 Å². The molecule has 8 heteroatoms. The zero-order chi connectivity index (χ0) is 23.7. The van der Waals surface area contributed by atoms with Crippen molar-refractivity contribution in [3.05, 3.63) is 76.5 Å². The van der Waals surface area contributed by atoms with Crippen molar-refractivity contribution in [1.82, 2.24) is 24.6 Å². The van der Waals surface area contributed by atoms with Gasteiger partial charge in [0.05, 0.1) is 11.6 Å². The summed E-state index contributed by atoms with van der Waals surface area (Å²) in [4.78, 5) is 7.05. The van der Waals surface area contributed by atoms with Crippen LogP contribution in [-0.4, -0.2) is 37.7 Å². The lowest BCUT2D eigenvalue weighted by Gasteiger charge is -2.31. The highest BCUT2D eigenvalue weighted by atomic mass is 35.5. The Morgan fingerprint density at radius 1 is 1.03 bits per heavy atom. The fourth-order valence-corrected chi connectivity index (χ4v) is 5.71. The fourth-order valence-electron chi connectivity index (χ4n) is 4.49. The summed E-state index contributed by atoms with van der Waals surface area (Å²) in [6.45, 7) is 6.33. The molecule has 5 rings (SSSR count). The third-order valence-electron chi connectivity index (χ3n) is 6.41. The molecule has 0 spiro atoms. The van der Waals surface area contributed by atoms with Gasteiger partial charge in [-0.25, -0.2) is 9.37 Å². The van der Waals surface area contributed by atoms with Crippen LogP contribution in [0.1, 0.15) is 49.2 Å². The zero-order valence-electron chi connectivity index (χ0n) is 19.3. The number of hydrogen-bond acceptors (Lipinski definition) is 5. The van der Waals surface area contributed by atoms with E-state index < -0.39 is 0 Å². The number of likely N-dealkylation sites (tertiary alicyclic amines) is 1. The van der Waals surface area contributed by atoms with Crippen molar-refractivity contribution in [2.75, 3.05) is 13.1 Å². The van der Waals surface area contributed by atoms with Crippen LogP contribution in [0.15, 0.2) is 53.7 Å². The molecule has 1 aliphatic rings. The maximum absolute atomic E-state index is 13.7. The van der Waals surface area contributed by atoms with E-state index in [1.807, 2.05) is 13.0 Å². The monoisotopic (exact) mass is 495 g/mol. The molecule has 34 heavy (non-hydrogen) atoms. The lowest BCUT2D eigenvalue weighted by Crippen LogP contribution is -2.33. The molecule has 5 nitrogen and oxygen atoms in total. The first-order chi connectivity index (χ1) is 16.5. The van der Waals surface area contributed by atoms with Gasteiger partial charge in [0.15, 0.2) is 11.0 Å². The van der Waals surface area contributed by atoms with Gasteiger partial charge in [0.2, 0.25) is 0 Å². The second kappa shape index (κ2) is 10.0. The summed E-state index contributed by atoms with van der Waals surface area (Å²) >= 11 is 8.10. The summed E-state index contributed by atoms with van der Waals surface area (Å²) in [6, 6.07) is 14.9. The largest absolute Gasteiger partial charge is 0.294 e. The van der Waals surface area contributed by atoms with E-state index in [2.05, 4.69) is 49.8 Å². The smallest absolute Gasteiger partial charge is 0.196 e. The van der Waals surface area contributed by atoms with E-state index in [-0.39, 0.29) is 11.9 Å². The summed E-state index contributed by atoms with van der Waals surface area (Å²) in [5.74, 6) is 1.21. The molecule has 4 aromatic rings. The highest BCUT2D eigenvalue weighted by Crippen LogP contribution is 2.32. The number of thioether (sulfide) groups is 1. The Bertz CT molecular complexity index is 1300. The summed E-state index contributed by atoms with van der Waals surface area (Å²) < 4.78 is 15.7. The minimum Gasteiger partial charge on any atom is -0.294 e. The molecule has 1 fully saturated rings.